The maximum Gasteiger partial charge on any atom is 0.275 e. The third-order valence-electron chi connectivity index (χ3n) is 5.57. The number of hydrogen-bond acceptors (Lipinski definition) is 4. The van der Waals surface area contributed by atoms with E-state index >= 15 is 0 Å². The number of benzene rings is 2. The van der Waals surface area contributed by atoms with Crippen LogP contribution in [0, 0.1) is 0 Å². The molecule has 0 radical (unpaired) electrons. The second-order valence-electron chi connectivity index (χ2n) is 7.51. The fourth-order valence-corrected chi connectivity index (χ4v) is 4.84. The fourth-order valence-electron chi connectivity index (χ4n) is 4.04. The summed E-state index contributed by atoms with van der Waals surface area (Å²) in [4.78, 5) is 15.4. The van der Waals surface area contributed by atoms with Gasteiger partial charge in [0, 0.05) is 16.9 Å². The van der Waals surface area contributed by atoms with Gasteiger partial charge >= 0.3 is 0 Å². The minimum Gasteiger partial charge on any atom is -0.493 e. The molecule has 156 valence electrons. The molecule has 6 heteroatoms. The van der Waals surface area contributed by atoms with Crippen molar-refractivity contribution in [3.63, 3.8) is 0 Å². The Morgan fingerprint density at radius 3 is 2.47 bits per heavy atom. The second-order valence-corrected chi connectivity index (χ2v) is 8.49. The largest absolute Gasteiger partial charge is 0.493 e. The van der Waals surface area contributed by atoms with Crippen LogP contribution < -0.4 is 19.7 Å². The van der Waals surface area contributed by atoms with E-state index in [1.165, 1.54) is 16.0 Å². The second kappa shape index (κ2) is 9.32. The number of carbonyl (C=O) groups is 1. The van der Waals surface area contributed by atoms with Gasteiger partial charge in [-0.15, -0.1) is 11.3 Å². The molecular formula is C24H27N2O3S+. The van der Waals surface area contributed by atoms with Crippen molar-refractivity contribution < 1.29 is 19.2 Å². The van der Waals surface area contributed by atoms with E-state index in [0.29, 0.717) is 6.54 Å². The van der Waals surface area contributed by atoms with E-state index in [1.54, 1.807) is 25.6 Å². The van der Waals surface area contributed by atoms with E-state index < -0.39 is 0 Å². The Morgan fingerprint density at radius 2 is 1.80 bits per heavy atom. The smallest absolute Gasteiger partial charge is 0.275 e. The lowest BCUT2D eigenvalue weighted by molar-refractivity contribution is -0.908. The first kappa shape index (κ1) is 20.4. The van der Waals surface area contributed by atoms with E-state index in [9.17, 15) is 4.79 Å². The van der Waals surface area contributed by atoms with Crippen molar-refractivity contribution in [2.24, 2.45) is 0 Å². The Morgan fingerprint density at radius 1 is 1.07 bits per heavy atom. The average Bonchev–Trinajstić information content (AvgIpc) is 3.31. The highest BCUT2D eigenvalue weighted by molar-refractivity contribution is 7.10. The van der Waals surface area contributed by atoms with Crippen LogP contribution >= 0.6 is 11.3 Å². The average molecular weight is 424 g/mol. The number of fused-ring (bicyclic) bond motifs is 1. The summed E-state index contributed by atoms with van der Waals surface area (Å²) in [7, 11) is 3.31. The molecule has 1 aliphatic heterocycles. The molecule has 1 aromatic heterocycles. The zero-order valence-electron chi connectivity index (χ0n) is 17.3. The molecule has 3 aromatic rings. The van der Waals surface area contributed by atoms with Crippen molar-refractivity contribution in [3.05, 3.63) is 81.5 Å². The van der Waals surface area contributed by atoms with Gasteiger partial charge < -0.3 is 19.7 Å². The lowest BCUT2D eigenvalue weighted by atomic mass is 9.98. The summed E-state index contributed by atoms with van der Waals surface area (Å²) in [5, 5.41) is 5.30. The van der Waals surface area contributed by atoms with Crippen LogP contribution in [0.2, 0.25) is 0 Å². The van der Waals surface area contributed by atoms with Gasteiger partial charge in [0.05, 0.1) is 26.8 Å². The highest BCUT2D eigenvalue weighted by atomic mass is 32.1. The van der Waals surface area contributed by atoms with Crippen LogP contribution in [0.15, 0.2) is 60.0 Å². The summed E-state index contributed by atoms with van der Waals surface area (Å²) in [6.45, 7) is 2.17. The van der Waals surface area contributed by atoms with Gasteiger partial charge in [0.25, 0.3) is 5.91 Å². The van der Waals surface area contributed by atoms with Crippen LogP contribution in [0.25, 0.3) is 0 Å². The summed E-state index contributed by atoms with van der Waals surface area (Å²) in [6, 6.07) is 18.2. The van der Waals surface area contributed by atoms with Crippen LogP contribution in [-0.2, 0) is 17.8 Å². The maximum atomic E-state index is 13.0. The SMILES string of the molecule is COc1cc2c(cc1OC)C[NH+](CC(=O)N[C@H](c1ccccc1)c1cccs1)CC2. The first-order valence-corrected chi connectivity index (χ1v) is 11.0. The van der Waals surface area contributed by atoms with Crippen LogP contribution in [0.4, 0.5) is 0 Å². The fraction of sp³-hybridized carbons (Fsp3) is 0.292. The number of rotatable bonds is 7. The van der Waals surface area contributed by atoms with Crippen molar-refractivity contribution in [3.8, 4) is 11.5 Å². The summed E-state index contributed by atoms with van der Waals surface area (Å²) in [5.41, 5.74) is 3.60. The Labute approximate surface area is 181 Å². The number of amides is 1. The van der Waals surface area contributed by atoms with E-state index in [4.69, 9.17) is 9.47 Å². The summed E-state index contributed by atoms with van der Waals surface area (Å²) < 4.78 is 10.9. The predicted molar refractivity (Wildman–Crippen MR) is 118 cm³/mol. The molecule has 1 amide bonds. The van der Waals surface area contributed by atoms with E-state index in [1.807, 2.05) is 35.7 Å². The highest BCUT2D eigenvalue weighted by Crippen LogP contribution is 2.31. The predicted octanol–water partition coefficient (Wildman–Crippen LogP) is 2.61. The van der Waals surface area contributed by atoms with E-state index in [0.717, 1.165) is 41.4 Å². The molecule has 1 unspecified atom stereocenters. The Balaban J connectivity index is 1.45. The molecule has 0 bridgehead atoms. The topological polar surface area (TPSA) is 52.0 Å². The van der Waals surface area contributed by atoms with Crippen LogP contribution in [0.1, 0.15) is 27.6 Å². The summed E-state index contributed by atoms with van der Waals surface area (Å²) in [6.07, 6.45) is 0.922. The normalized spacial score (nSPS) is 16.4. The maximum absolute atomic E-state index is 13.0. The zero-order chi connectivity index (χ0) is 20.9. The third kappa shape index (κ3) is 4.50. The first-order valence-electron chi connectivity index (χ1n) is 10.1. The summed E-state index contributed by atoms with van der Waals surface area (Å²) in [5.74, 6) is 1.57. The van der Waals surface area contributed by atoms with Crippen molar-refractivity contribution in [2.75, 3.05) is 27.3 Å². The molecule has 1 aliphatic rings. The van der Waals surface area contributed by atoms with Gasteiger partial charge in [0.2, 0.25) is 0 Å². The van der Waals surface area contributed by atoms with Gasteiger partial charge in [-0.2, -0.15) is 0 Å². The van der Waals surface area contributed by atoms with Crippen molar-refractivity contribution >= 4 is 17.2 Å². The molecule has 0 aliphatic carbocycles. The monoisotopic (exact) mass is 423 g/mol. The summed E-state index contributed by atoms with van der Waals surface area (Å²) >= 11 is 1.66. The van der Waals surface area contributed by atoms with Gasteiger partial charge in [-0.1, -0.05) is 36.4 Å². The number of carbonyl (C=O) groups excluding carboxylic acids is 1. The van der Waals surface area contributed by atoms with Gasteiger partial charge in [0.15, 0.2) is 18.0 Å². The lowest BCUT2D eigenvalue weighted by Gasteiger charge is -2.27. The van der Waals surface area contributed by atoms with Crippen molar-refractivity contribution in [1.82, 2.24) is 5.32 Å². The molecule has 2 atom stereocenters. The molecule has 2 aromatic carbocycles. The van der Waals surface area contributed by atoms with Gasteiger partial charge in [0.1, 0.15) is 6.54 Å². The van der Waals surface area contributed by atoms with Gasteiger partial charge in [-0.3, -0.25) is 4.79 Å². The molecule has 30 heavy (non-hydrogen) atoms. The first-order chi connectivity index (χ1) is 14.7. The number of methoxy groups -OCH3 is 2. The van der Waals surface area contributed by atoms with Gasteiger partial charge in [-0.05, 0) is 34.7 Å². The van der Waals surface area contributed by atoms with Crippen LogP contribution in [0.3, 0.4) is 0 Å². The van der Waals surface area contributed by atoms with Gasteiger partial charge in [-0.25, -0.2) is 0 Å². The Bertz CT molecular complexity index is 989. The molecule has 0 fully saturated rings. The zero-order valence-corrected chi connectivity index (χ0v) is 18.1. The molecule has 2 heterocycles. The number of nitrogens with one attached hydrogen (secondary N) is 2. The molecule has 0 spiro atoms. The third-order valence-corrected chi connectivity index (χ3v) is 6.51. The van der Waals surface area contributed by atoms with Crippen LogP contribution in [0.5, 0.6) is 11.5 Å². The molecule has 0 saturated heterocycles. The number of thiophene rings is 1. The van der Waals surface area contributed by atoms with Crippen molar-refractivity contribution in [1.29, 1.82) is 0 Å². The number of quaternary nitrogens is 1. The minimum atomic E-state index is -0.112. The van der Waals surface area contributed by atoms with E-state index in [-0.39, 0.29) is 11.9 Å². The molecule has 4 rings (SSSR count). The number of ether oxygens (including phenoxy) is 2. The van der Waals surface area contributed by atoms with Crippen LogP contribution in [-0.4, -0.2) is 33.2 Å². The molecule has 2 N–H and O–H groups in total. The number of hydrogen-bond donors (Lipinski definition) is 2. The Hall–Kier alpha value is -2.83. The van der Waals surface area contributed by atoms with E-state index in [2.05, 4.69) is 29.6 Å². The highest BCUT2D eigenvalue weighted by Gasteiger charge is 2.26. The standard InChI is InChI=1S/C24H26N2O3S/c1-28-20-13-18-10-11-26(15-19(18)14-21(20)29-2)16-23(27)25-24(22-9-6-12-30-22)17-7-4-3-5-8-17/h3-9,12-14,24H,10-11,15-16H2,1-2H3,(H,25,27)/p+1/t24-/m1/s1. The molecular weight excluding hydrogens is 396 g/mol. The molecule has 0 saturated carbocycles. The lowest BCUT2D eigenvalue weighted by Crippen LogP contribution is -3.12. The van der Waals surface area contributed by atoms with Crippen molar-refractivity contribution in [2.45, 2.75) is 19.0 Å². The quantitative estimate of drug-likeness (QED) is 0.614. The minimum absolute atomic E-state index is 0.0659. The molecule has 5 nitrogen and oxygen atoms in total. The Kier molecular flexibility index (Phi) is 6.35.